The van der Waals surface area contributed by atoms with Gasteiger partial charge in [-0.1, -0.05) is 142 Å². The lowest BCUT2D eigenvalue weighted by atomic mass is 10.0. The van der Waals surface area contributed by atoms with Crippen LogP contribution in [0.2, 0.25) is 0 Å². The largest absolute Gasteiger partial charge is 0.325 e. The zero-order valence-electron chi connectivity index (χ0n) is 33.0. The molecule has 0 fully saturated rings. The van der Waals surface area contributed by atoms with E-state index in [1.807, 2.05) is 24.3 Å². The molecule has 4 N–H and O–H groups in total. The second-order valence-electron chi connectivity index (χ2n) is 14.3. The molecule has 0 spiro atoms. The van der Waals surface area contributed by atoms with Gasteiger partial charge in [0, 0.05) is 11.4 Å². The van der Waals surface area contributed by atoms with Crippen molar-refractivity contribution >= 4 is 23.4 Å². The molecule has 0 atom stereocenters. The number of amides is 4. The van der Waals surface area contributed by atoms with E-state index in [1.165, 1.54) is 116 Å². The summed E-state index contributed by atoms with van der Waals surface area (Å²) in [5, 5.41) is 12.1. The van der Waals surface area contributed by atoms with E-state index in [9.17, 15) is 9.59 Å². The number of nitrogens with zero attached hydrogens (tertiary/aromatic N) is 2. The third kappa shape index (κ3) is 22.4. The van der Waals surface area contributed by atoms with Gasteiger partial charge in [-0.15, -0.1) is 0 Å². The van der Waals surface area contributed by atoms with Crippen molar-refractivity contribution < 1.29 is 9.59 Å². The number of urea groups is 2. The molecule has 51 heavy (non-hydrogen) atoms. The maximum absolute atomic E-state index is 12.7. The number of anilines is 2. The van der Waals surface area contributed by atoms with Gasteiger partial charge in [0.25, 0.3) is 0 Å². The Morgan fingerprint density at radius 3 is 1.08 bits per heavy atom. The first-order chi connectivity index (χ1) is 25.0. The van der Waals surface area contributed by atoms with Crippen molar-refractivity contribution in [1.29, 1.82) is 0 Å². The van der Waals surface area contributed by atoms with E-state index in [0.717, 1.165) is 55.1 Å². The van der Waals surface area contributed by atoms with Gasteiger partial charge in [-0.25, -0.2) is 9.59 Å². The van der Waals surface area contributed by atoms with Crippen LogP contribution in [0.4, 0.5) is 21.0 Å². The average molecular weight is 707 g/mol. The second-order valence-corrected chi connectivity index (χ2v) is 14.3. The highest BCUT2D eigenvalue weighted by atomic mass is 16.2. The van der Waals surface area contributed by atoms with Crippen LogP contribution in [-0.2, 0) is 6.42 Å². The van der Waals surface area contributed by atoms with E-state index in [-0.39, 0.29) is 12.1 Å². The number of rotatable bonds is 30. The van der Waals surface area contributed by atoms with Crippen molar-refractivity contribution in [2.24, 2.45) is 0 Å². The van der Waals surface area contributed by atoms with Gasteiger partial charge in [-0.2, -0.15) is 0 Å². The molecule has 0 aliphatic carbocycles. The molecule has 2 rings (SSSR count). The van der Waals surface area contributed by atoms with Crippen LogP contribution in [0.15, 0.2) is 48.5 Å². The van der Waals surface area contributed by atoms with E-state index in [1.54, 1.807) is 0 Å². The summed E-state index contributed by atoms with van der Waals surface area (Å²) in [7, 11) is 0. The van der Waals surface area contributed by atoms with Gasteiger partial charge in [0.1, 0.15) is 0 Å². The minimum Gasteiger partial charge on any atom is -0.325 e. The monoisotopic (exact) mass is 707 g/mol. The lowest BCUT2D eigenvalue weighted by Gasteiger charge is -2.23. The Labute approximate surface area is 312 Å². The lowest BCUT2D eigenvalue weighted by molar-refractivity contribution is 0.223. The van der Waals surface area contributed by atoms with Crippen molar-refractivity contribution in [2.45, 2.75) is 150 Å². The summed E-state index contributed by atoms with van der Waals surface area (Å²) in [6.07, 6.45) is 23.3. The third-order valence-electron chi connectivity index (χ3n) is 9.57. The fourth-order valence-electron chi connectivity index (χ4n) is 6.31. The van der Waals surface area contributed by atoms with Crippen molar-refractivity contribution in [1.82, 2.24) is 20.4 Å². The minimum absolute atomic E-state index is 0.166. The van der Waals surface area contributed by atoms with Crippen LogP contribution in [0.25, 0.3) is 0 Å². The van der Waals surface area contributed by atoms with Crippen LogP contribution < -0.4 is 21.3 Å². The van der Waals surface area contributed by atoms with Crippen LogP contribution >= 0.6 is 0 Å². The Morgan fingerprint density at radius 1 is 0.431 bits per heavy atom. The van der Waals surface area contributed by atoms with Gasteiger partial charge in [0.2, 0.25) is 0 Å². The SMILES string of the molecule is CCCCCCCCN(CCCCC)CNC(=O)Nc1ccc(Cc2ccc(NC(=O)NCN(CCCCC)CCCCCCCC)cc2)cc1. The van der Waals surface area contributed by atoms with Crippen molar-refractivity contribution in [3.8, 4) is 0 Å². The summed E-state index contributed by atoms with van der Waals surface area (Å²) in [5.41, 5.74) is 3.89. The number of hydrogen-bond donors (Lipinski definition) is 4. The fraction of sp³-hybridized carbons (Fsp3) is 0.674. The number of hydrogen-bond acceptors (Lipinski definition) is 4. The molecule has 0 unspecified atom stereocenters. The molecule has 288 valence electrons. The van der Waals surface area contributed by atoms with Crippen LogP contribution in [0.1, 0.15) is 154 Å². The average Bonchev–Trinajstić information content (AvgIpc) is 3.13. The summed E-state index contributed by atoms with van der Waals surface area (Å²) < 4.78 is 0. The Balaban J connectivity index is 1.75. The van der Waals surface area contributed by atoms with E-state index in [4.69, 9.17) is 0 Å². The minimum atomic E-state index is -0.166. The van der Waals surface area contributed by atoms with Crippen LogP contribution in [0.5, 0.6) is 0 Å². The quantitative estimate of drug-likeness (QED) is 0.0481. The Kier molecular flexibility index (Phi) is 25.5. The highest BCUT2D eigenvalue weighted by molar-refractivity contribution is 5.89. The van der Waals surface area contributed by atoms with E-state index >= 15 is 0 Å². The van der Waals surface area contributed by atoms with Gasteiger partial charge in [-0.3, -0.25) is 9.80 Å². The summed E-state index contributed by atoms with van der Waals surface area (Å²) in [6.45, 7) is 14.2. The summed E-state index contributed by atoms with van der Waals surface area (Å²) in [5.74, 6) is 0. The molecule has 0 aromatic heterocycles. The third-order valence-corrected chi connectivity index (χ3v) is 9.57. The van der Waals surface area contributed by atoms with Gasteiger partial charge in [-0.05, 0) is 93.7 Å². The zero-order chi connectivity index (χ0) is 36.8. The molecule has 0 heterocycles. The van der Waals surface area contributed by atoms with Crippen molar-refractivity contribution in [2.75, 3.05) is 50.1 Å². The molecule has 8 heteroatoms. The molecule has 0 saturated carbocycles. The predicted octanol–water partition coefficient (Wildman–Crippen LogP) is 11.1. The summed E-state index contributed by atoms with van der Waals surface area (Å²) in [6, 6.07) is 15.7. The van der Waals surface area contributed by atoms with Crippen molar-refractivity contribution in [3.05, 3.63) is 59.7 Å². The summed E-state index contributed by atoms with van der Waals surface area (Å²) >= 11 is 0. The Hall–Kier alpha value is -3.10. The first kappa shape index (κ1) is 44.1. The predicted molar refractivity (Wildman–Crippen MR) is 219 cm³/mol. The van der Waals surface area contributed by atoms with Gasteiger partial charge < -0.3 is 21.3 Å². The molecule has 0 radical (unpaired) electrons. The molecule has 2 aromatic carbocycles. The van der Waals surface area contributed by atoms with Crippen LogP contribution in [0, 0.1) is 0 Å². The number of nitrogens with one attached hydrogen (secondary N) is 4. The maximum atomic E-state index is 12.7. The smallest absolute Gasteiger partial charge is 0.320 e. The zero-order valence-corrected chi connectivity index (χ0v) is 33.0. The molecular formula is C43H74N6O2. The Morgan fingerprint density at radius 2 is 0.725 bits per heavy atom. The lowest BCUT2D eigenvalue weighted by Crippen LogP contribution is -2.40. The fourth-order valence-corrected chi connectivity index (χ4v) is 6.31. The summed E-state index contributed by atoms with van der Waals surface area (Å²) in [4.78, 5) is 30.2. The number of carbonyl (C=O) groups excluding carboxylic acids is 2. The molecule has 0 bridgehead atoms. The van der Waals surface area contributed by atoms with Gasteiger partial charge in [0.05, 0.1) is 13.3 Å². The molecule has 8 nitrogen and oxygen atoms in total. The second kappa shape index (κ2) is 29.5. The normalized spacial score (nSPS) is 11.3. The molecular weight excluding hydrogens is 633 g/mol. The molecule has 2 aromatic rings. The van der Waals surface area contributed by atoms with E-state index < -0.39 is 0 Å². The first-order valence-electron chi connectivity index (χ1n) is 20.7. The Bertz CT molecular complexity index is 1050. The van der Waals surface area contributed by atoms with E-state index in [0.29, 0.717) is 13.3 Å². The van der Waals surface area contributed by atoms with E-state index in [2.05, 4.69) is 83.0 Å². The standard InChI is InChI=1S/C43H74N6O2/c1-5-9-13-15-17-21-33-48(31-19-11-7-3)36-44-42(50)46-40-27-23-38(24-28-40)35-39-25-29-41(30-26-39)47-43(51)45-37-49(32-20-12-8-4)34-22-18-16-14-10-6-2/h23-30H,5-22,31-37H2,1-4H3,(H2,44,46,50)(H2,45,47,51). The molecule has 4 amide bonds. The number of carbonyl (C=O) groups is 2. The highest BCUT2D eigenvalue weighted by Gasteiger charge is 2.10. The van der Waals surface area contributed by atoms with Crippen molar-refractivity contribution in [3.63, 3.8) is 0 Å². The topological polar surface area (TPSA) is 88.7 Å². The number of unbranched alkanes of at least 4 members (excludes halogenated alkanes) is 14. The molecule has 0 saturated heterocycles. The van der Waals surface area contributed by atoms with Gasteiger partial charge in [0.15, 0.2) is 0 Å². The van der Waals surface area contributed by atoms with Crippen LogP contribution in [0.3, 0.4) is 0 Å². The molecule has 0 aliphatic heterocycles. The first-order valence-corrected chi connectivity index (χ1v) is 20.7. The highest BCUT2D eigenvalue weighted by Crippen LogP contribution is 2.16. The molecule has 0 aliphatic rings. The van der Waals surface area contributed by atoms with Gasteiger partial charge >= 0.3 is 12.1 Å². The van der Waals surface area contributed by atoms with Crippen LogP contribution in [-0.4, -0.2) is 61.4 Å². The maximum Gasteiger partial charge on any atom is 0.320 e. The number of benzene rings is 2.